The maximum absolute atomic E-state index is 5.67. The summed E-state index contributed by atoms with van der Waals surface area (Å²) in [5.74, 6) is 1.62. The third kappa shape index (κ3) is 8.05. The number of guanidine groups is 1. The third-order valence-corrected chi connectivity index (χ3v) is 3.66. The van der Waals surface area contributed by atoms with Crippen molar-refractivity contribution in [2.45, 2.75) is 20.1 Å². The number of nitrogens with zero attached hydrogens (tertiary/aromatic N) is 1. The number of ether oxygens (including phenoxy) is 2. The van der Waals surface area contributed by atoms with Gasteiger partial charge in [0.2, 0.25) is 0 Å². The van der Waals surface area contributed by atoms with E-state index in [0.717, 1.165) is 11.7 Å². The van der Waals surface area contributed by atoms with Gasteiger partial charge < -0.3 is 20.1 Å². The first kappa shape index (κ1) is 22.2. The molecule has 2 aromatic carbocycles. The van der Waals surface area contributed by atoms with Crippen molar-refractivity contribution in [3.8, 4) is 5.75 Å². The molecule has 0 amide bonds. The topological polar surface area (TPSA) is 54.9 Å². The monoisotopic (exact) mass is 469 g/mol. The Balaban J connectivity index is 0.00000338. The number of hydrogen-bond donors (Lipinski definition) is 2. The highest BCUT2D eigenvalue weighted by Crippen LogP contribution is 2.10. The average Bonchev–Trinajstić information content (AvgIpc) is 2.67. The average molecular weight is 469 g/mol. The molecule has 0 aromatic heterocycles. The molecule has 0 aliphatic carbocycles. The Labute approximate surface area is 173 Å². The molecule has 142 valence electrons. The molecule has 26 heavy (non-hydrogen) atoms. The second-order valence-corrected chi connectivity index (χ2v) is 5.42. The highest BCUT2D eigenvalue weighted by molar-refractivity contribution is 14.0. The van der Waals surface area contributed by atoms with Gasteiger partial charge >= 0.3 is 0 Å². The van der Waals surface area contributed by atoms with Crippen molar-refractivity contribution < 1.29 is 9.47 Å². The van der Waals surface area contributed by atoms with Crippen molar-refractivity contribution in [1.29, 1.82) is 0 Å². The van der Waals surface area contributed by atoms with Crippen molar-refractivity contribution >= 4 is 29.9 Å². The number of nitrogens with one attached hydrogen (secondary N) is 2. The Hall–Kier alpha value is -1.80. The lowest BCUT2D eigenvalue weighted by molar-refractivity contribution is 0.133. The molecule has 2 aromatic rings. The highest BCUT2D eigenvalue weighted by atomic mass is 127. The Kier molecular flexibility index (Phi) is 11.5. The summed E-state index contributed by atoms with van der Waals surface area (Å²) in [6.07, 6.45) is 0. The summed E-state index contributed by atoms with van der Waals surface area (Å²) in [5.41, 5.74) is 2.40. The SMILES string of the molecule is CCOCc1ccccc1CNC(=NC)NCCOc1ccccc1.I. The fourth-order valence-corrected chi connectivity index (χ4v) is 2.34. The number of rotatable bonds is 9. The molecule has 0 unspecified atom stereocenters. The van der Waals surface area contributed by atoms with Crippen LogP contribution in [0.25, 0.3) is 0 Å². The fraction of sp³-hybridized carbons (Fsp3) is 0.350. The van der Waals surface area contributed by atoms with Crippen LogP contribution in [0.4, 0.5) is 0 Å². The number of aliphatic imine (C=N–C) groups is 1. The summed E-state index contributed by atoms with van der Waals surface area (Å²) in [6.45, 7) is 5.30. The van der Waals surface area contributed by atoms with E-state index < -0.39 is 0 Å². The largest absolute Gasteiger partial charge is 0.492 e. The molecule has 2 N–H and O–H groups in total. The Morgan fingerprint density at radius 3 is 2.35 bits per heavy atom. The maximum atomic E-state index is 5.67. The van der Waals surface area contributed by atoms with E-state index in [-0.39, 0.29) is 24.0 Å². The molecule has 0 bridgehead atoms. The van der Waals surface area contributed by atoms with E-state index in [2.05, 4.69) is 27.8 Å². The molecule has 5 nitrogen and oxygen atoms in total. The summed E-state index contributed by atoms with van der Waals surface area (Å²) in [4.78, 5) is 4.25. The smallest absolute Gasteiger partial charge is 0.191 e. The molecule has 0 radical (unpaired) electrons. The van der Waals surface area contributed by atoms with Gasteiger partial charge in [0, 0.05) is 20.2 Å². The number of hydrogen-bond acceptors (Lipinski definition) is 3. The van der Waals surface area contributed by atoms with Crippen molar-refractivity contribution in [1.82, 2.24) is 10.6 Å². The predicted octanol–water partition coefficient (Wildman–Crippen LogP) is 3.59. The van der Waals surface area contributed by atoms with Gasteiger partial charge in [0.25, 0.3) is 0 Å². The van der Waals surface area contributed by atoms with Crippen LogP contribution in [0.2, 0.25) is 0 Å². The van der Waals surface area contributed by atoms with E-state index >= 15 is 0 Å². The minimum atomic E-state index is 0. The van der Waals surface area contributed by atoms with Crippen LogP contribution in [0.5, 0.6) is 5.75 Å². The molecule has 6 heteroatoms. The van der Waals surface area contributed by atoms with Gasteiger partial charge in [-0.05, 0) is 30.2 Å². The molecule has 0 atom stereocenters. The van der Waals surface area contributed by atoms with Gasteiger partial charge in [-0.15, -0.1) is 24.0 Å². The molecule has 0 fully saturated rings. The molecule has 0 saturated heterocycles. The second-order valence-electron chi connectivity index (χ2n) is 5.42. The van der Waals surface area contributed by atoms with Crippen LogP contribution in [0.15, 0.2) is 59.6 Å². The van der Waals surface area contributed by atoms with E-state index in [0.29, 0.717) is 32.9 Å². The normalized spacial score (nSPS) is 10.8. The van der Waals surface area contributed by atoms with E-state index in [1.165, 1.54) is 11.1 Å². The summed E-state index contributed by atoms with van der Waals surface area (Å²) in [6, 6.07) is 18.1. The zero-order valence-electron chi connectivity index (χ0n) is 15.4. The van der Waals surface area contributed by atoms with Crippen LogP contribution in [-0.2, 0) is 17.9 Å². The molecule has 0 spiro atoms. The lowest BCUT2D eigenvalue weighted by Crippen LogP contribution is -2.39. The van der Waals surface area contributed by atoms with Crippen molar-refractivity contribution in [3.05, 3.63) is 65.7 Å². The first-order valence-electron chi connectivity index (χ1n) is 8.60. The van der Waals surface area contributed by atoms with E-state index in [4.69, 9.17) is 9.47 Å². The quantitative estimate of drug-likeness (QED) is 0.255. The van der Waals surface area contributed by atoms with Gasteiger partial charge in [-0.2, -0.15) is 0 Å². The third-order valence-electron chi connectivity index (χ3n) is 3.66. The predicted molar refractivity (Wildman–Crippen MR) is 117 cm³/mol. The maximum Gasteiger partial charge on any atom is 0.191 e. The van der Waals surface area contributed by atoms with Crippen molar-refractivity contribution in [3.63, 3.8) is 0 Å². The van der Waals surface area contributed by atoms with Crippen LogP contribution in [-0.4, -0.2) is 32.8 Å². The van der Waals surface area contributed by atoms with E-state index in [1.54, 1.807) is 7.05 Å². The minimum Gasteiger partial charge on any atom is -0.492 e. The molecule has 0 aliphatic heterocycles. The lowest BCUT2D eigenvalue weighted by atomic mass is 10.1. The Bertz CT molecular complexity index is 651. The van der Waals surface area contributed by atoms with Crippen LogP contribution in [0.1, 0.15) is 18.1 Å². The summed E-state index contributed by atoms with van der Waals surface area (Å²) >= 11 is 0. The molecular weight excluding hydrogens is 441 g/mol. The standard InChI is InChI=1S/C20H27N3O2.HI/c1-3-24-16-18-10-8-7-9-17(18)15-23-20(21-2)22-13-14-25-19-11-5-4-6-12-19;/h4-12H,3,13-16H2,1-2H3,(H2,21,22,23);1H. The summed E-state index contributed by atoms with van der Waals surface area (Å²) in [7, 11) is 1.76. The number of para-hydroxylation sites is 1. The van der Waals surface area contributed by atoms with Crippen LogP contribution in [0, 0.1) is 0 Å². The van der Waals surface area contributed by atoms with Crippen LogP contribution < -0.4 is 15.4 Å². The van der Waals surface area contributed by atoms with Gasteiger partial charge in [-0.3, -0.25) is 4.99 Å². The molecule has 0 saturated carbocycles. The molecule has 2 rings (SSSR count). The van der Waals surface area contributed by atoms with Gasteiger partial charge in [0.05, 0.1) is 13.2 Å². The zero-order valence-corrected chi connectivity index (χ0v) is 17.7. The number of benzene rings is 2. The Morgan fingerprint density at radius 1 is 0.962 bits per heavy atom. The van der Waals surface area contributed by atoms with Gasteiger partial charge in [-0.25, -0.2) is 0 Å². The van der Waals surface area contributed by atoms with Crippen LogP contribution in [0.3, 0.4) is 0 Å². The summed E-state index contributed by atoms with van der Waals surface area (Å²) < 4.78 is 11.2. The van der Waals surface area contributed by atoms with Gasteiger partial charge in [0.1, 0.15) is 12.4 Å². The van der Waals surface area contributed by atoms with E-state index in [1.807, 2.05) is 49.4 Å². The molecule has 0 heterocycles. The van der Waals surface area contributed by atoms with Gasteiger partial charge in [-0.1, -0.05) is 42.5 Å². The fourth-order valence-electron chi connectivity index (χ4n) is 2.34. The summed E-state index contributed by atoms with van der Waals surface area (Å²) in [5, 5.41) is 6.58. The van der Waals surface area contributed by atoms with Gasteiger partial charge in [0.15, 0.2) is 5.96 Å². The minimum absolute atomic E-state index is 0. The van der Waals surface area contributed by atoms with E-state index in [9.17, 15) is 0 Å². The molecular formula is C20H28IN3O2. The molecule has 0 aliphatic rings. The first-order chi connectivity index (χ1) is 12.3. The lowest BCUT2D eigenvalue weighted by Gasteiger charge is -2.14. The second kappa shape index (κ2) is 13.4. The highest BCUT2D eigenvalue weighted by Gasteiger charge is 2.03. The van der Waals surface area contributed by atoms with Crippen LogP contribution >= 0.6 is 24.0 Å². The van der Waals surface area contributed by atoms with Crippen molar-refractivity contribution in [2.24, 2.45) is 4.99 Å². The number of halogens is 1. The zero-order chi connectivity index (χ0) is 17.7. The van der Waals surface area contributed by atoms with Crippen molar-refractivity contribution in [2.75, 3.05) is 26.8 Å². The Morgan fingerprint density at radius 2 is 1.65 bits per heavy atom. The first-order valence-corrected chi connectivity index (χ1v) is 8.60.